The molecule has 0 aliphatic heterocycles. The van der Waals surface area contributed by atoms with Crippen LogP contribution in [0.4, 0.5) is 0 Å². The highest BCUT2D eigenvalue weighted by atomic mass is 35.5. The number of halogens is 1. The van der Waals surface area contributed by atoms with Crippen molar-refractivity contribution in [3.63, 3.8) is 0 Å². The van der Waals surface area contributed by atoms with Crippen molar-refractivity contribution in [1.82, 2.24) is 5.32 Å². The van der Waals surface area contributed by atoms with Crippen molar-refractivity contribution in [3.05, 3.63) is 70.7 Å². The molecule has 1 unspecified atom stereocenters. The van der Waals surface area contributed by atoms with Gasteiger partial charge in [-0.15, -0.1) is 0 Å². The first-order chi connectivity index (χ1) is 9.29. The van der Waals surface area contributed by atoms with Gasteiger partial charge in [-0.3, -0.25) is 0 Å². The van der Waals surface area contributed by atoms with Crippen LogP contribution in [0.15, 0.2) is 54.6 Å². The first-order valence-electron chi connectivity index (χ1n) is 6.41. The molecule has 2 rings (SSSR count). The number of rotatable bonds is 6. The third-order valence-electron chi connectivity index (χ3n) is 3.08. The Kier molecular flexibility index (Phi) is 5.40. The second-order valence-electron chi connectivity index (χ2n) is 4.54. The average Bonchev–Trinajstić information content (AvgIpc) is 2.46. The zero-order valence-corrected chi connectivity index (χ0v) is 11.5. The van der Waals surface area contributed by atoms with E-state index in [1.165, 1.54) is 5.56 Å². The van der Waals surface area contributed by atoms with Crippen molar-refractivity contribution in [3.8, 4) is 0 Å². The molecule has 0 aliphatic rings. The molecular weight excluding hydrogens is 258 g/mol. The van der Waals surface area contributed by atoms with E-state index in [0.29, 0.717) is 6.54 Å². The lowest BCUT2D eigenvalue weighted by Crippen LogP contribution is -2.34. The summed E-state index contributed by atoms with van der Waals surface area (Å²) in [5.41, 5.74) is 2.27. The van der Waals surface area contributed by atoms with Crippen molar-refractivity contribution >= 4 is 11.6 Å². The highest BCUT2D eigenvalue weighted by Gasteiger charge is 2.08. The molecule has 0 saturated heterocycles. The summed E-state index contributed by atoms with van der Waals surface area (Å²) in [6, 6.07) is 18.0. The van der Waals surface area contributed by atoms with Crippen LogP contribution in [0.25, 0.3) is 0 Å². The van der Waals surface area contributed by atoms with Gasteiger partial charge in [-0.1, -0.05) is 60.1 Å². The number of hydrogen-bond donors (Lipinski definition) is 2. The van der Waals surface area contributed by atoms with Gasteiger partial charge in [-0.2, -0.15) is 0 Å². The van der Waals surface area contributed by atoms with Crippen molar-refractivity contribution in [2.45, 2.75) is 19.0 Å². The lowest BCUT2D eigenvalue weighted by Gasteiger charge is -2.17. The molecular formula is C16H18ClNO. The highest BCUT2D eigenvalue weighted by molar-refractivity contribution is 6.31. The van der Waals surface area contributed by atoms with Crippen LogP contribution >= 0.6 is 11.6 Å². The third-order valence-corrected chi connectivity index (χ3v) is 3.45. The average molecular weight is 276 g/mol. The van der Waals surface area contributed by atoms with E-state index in [-0.39, 0.29) is 12.6 Å². The molecule has 2 nitrogen and oxygen atoms in total. The number of nitrogens with one attached hydrogen (secondary N) is 1. The molecule has 0 amide bonds. The van der Waals surface area contributed by atoms with Crippen LogP contribution in [0.2, 0.25) is 5.02 Å². The smallest absolute Gasteiger partial charge is 0.0587 e. The second-order valence-corrected chi connectivity index (χ2v) is 4.95. The fourth-order valence-electron chi connectivity index (χ4n) is 2.00. The Morgan fingerprint density at radius 1 is 1.00 bits per heavy atom. The minimum Gasteiger partial charge on any atom is -0.395 e. The Labute approximate surface area is 119 Å². The molecule has 2 N–H and O–H groups in total. The molecule has 100 valence electrons. The van der Waals surface area contributed by atoms with Gasteiger partial charge in [0.25, 0.3) is 0 Å². The molecule has 2 aromatic rings. The maximum Gasteiger partial charge on any atom is 0.0587 e. The number of benzene rings is 2. The van der Waals surface area contributed by atoms with Gasteiger partial charge in [-0.25, -0.2) is 0 Å². The van der Waals surface area contributed by atoms with Crippen molar-refractivity contribution < 1.29 is 5.11 Å². The maximum absolute atomic E-state index is 9.44. The quantitative estimate of drug-likeness (QED) is 0.849. The van der Waals surface area contributed by atoms with Crippen LogP contribution < -0.4 is 5.32 Å². The molecule has 0 radical (unpaired) electrons. The molecule has 0 aliphatic carbocycles. The Bertz CT molecular complexity index is 501. The Morgan fingerprint density at radius 2 is 1.68 bits per heavy atom. The van der Waals surface area contributed by atoms with Gasteiger partial charge in [0.15, 0.2) is 0 Å². The molecule has 0 spiro atoms. The van der Waals surface area contributed by atoms with Gasteiger partial charge in [0, 0.05) is 17.6 Å². The molecule has 2 aromatic carbocycles. The Hall–Kier alpha value is -1.35. The largest absolute Gasteiger partial charge is 0.395 e. The molecule has 0 fully saturated rings. The zero-order valence-electron chi connectivity index (χ0n) is 10.7. The summed E-state index contributed by atoms with van der Waals surface area (Å²) in [7, 11) is 0. The van der Waals surface area contributed by atoms with Crippen LogP contribution in [-0.2, 0) is 13.0 Å². The lowest BCUT2D eigenvalue weighted by molar-refractivity contribution is 0.241. The minimum atomic E-state index is 0.0404. The second kappa shape index (κ2) is 7.29. The molecule has 3 heteroatoms. The molecule has 1 atom stereocenters. The SMILES string of the molecule is OCC(Cc1ccccc1)NCc1ccccc1Cl. The summed E-state index contributed by atoms with van der Waals surface area (Å²) < 4.78 is 0. The first-order valence-corrected chi connectivity index (χ1v) is 6.79. The third kappa shape index (κ3) is 4.35. The van der Waals surface area contributed by atoms with Crippen LogP contribution in [-0.4, -0.2) is 17.8 Å². The number of aliphatic hydroxyl groups excluding tert-OH is 1. The van der Waals surface area contributed by atoms with E-state index >= 15 is 0 Å². The maximum atomic E-state index is 9.44. The van der Waals surface area contributed by atoms with Gasteiger partial charge in [0.2, 0.25) is 0 Å². The van der Waals surface area contributed by atoms with Gasteiger partial charge >= 0.3 is 0 Å². The number of aliphatic hydroxyl groups is 1. The summed E-state index contributed by atoms with van der Waals surface area (Å²) in [5.74, 6) is 0. The van der Waals surface area contributed by atoms with Gasteiger partial charge in [0.05, 0.1) is 6.61 Å². The standard InChI is InChI=1S/C16H18ClNO/c17-16-9-5-4-8-14(16)11-18-15(12-19)10-13-6-2-1-3-7-13/h1-9,15,18-19H,10-12H2. The van der Waals surface area contributed by atoms with Crippen molar-refractivity contribution in [2.75, 3.05) is 6.61 Å². The molecule has 0 heterocycles. The molecule has 0 saturated carbocycles. The topological polar surface area (TPSA) is 32.3 Å². The van der Waals surface area contributed by atoms with E-state index in [0.717, 1.165) is 17.0 Å². The molecule has 19 heavy (non-hydrogen) atoms. The summed E-state index contributed by atoms with van der Waals surface area (Å²) in [5, 5.41) is 13.5. The Morgan fingerprint density at radius 3 is 2.37 bits per heavy atom. The van der Waals surface area contributed by atoms with E-state index in [4.69, 9.17) is 11.6 Å². The monoisotopic (exact) mass is 275 g/mol. The predicted molar refractivity (Wildman–Crippen MR) is 79.3 cm³/mol. The van der Waals surface area contributed by atoms with E-state index in [9.17, 15) is 5.11 Å². The fraction of sp³-hybridized carbons (Fsp3) is 0.250. The summed E-state index contributed by atoms with van der Waals surface area (Å²) in [6.07, 6.45) is 0.807. The van der Waals surface area contributed by atoms with E-state index < -0.39 is 0 Å². The van der Waals surface area contributed by atoms with Crippen LogP contribution in [0, 0.1) is 0 Å². The number of hydrogen-bond acceptors (Lipinski definition) is 2. The fourth-order valence-corrected chi connectivity index (χ4v) is 2.20. The summed E-state index contributed by atoms with van der Waals surface area (Å²) in [4.78, 5) is 0. The van der Waals surface area contributed by atoms with Crippen LogP contribution in [0.3, 0.4) is 0 Å². The lowest BCUT2D eigenvalue weighted by atomic mass is 10.1. The predicted octanol–water partition coefficient (Wildman–Crippen LogP) is 3.03. The normalized spacial score (nSPS) is 12.3. The van der Waals surface area contributed by atoms with Gasteiger partial charge in [0.1, 0.15) is 0 Å². The van der Waals surface area contributed by atoms with E-state index in [1.807, 2.05) is 42.5 Å². The summed E-state index contributed by atoms with van der Waals surface area (Å²) >= 11 is 6.11. The molecule has 0 aromatic heterocycles. The van der Waals surface area contributed by atoms with Crippen LogP contribution in [0.1, 0.15) is 11.1 Å². The van der Waals surface area contributed by atoms with E-state index in [2.05, 4.69) is 17.4 Å². The van der Waals surface area contributed by atoms with Crippen molar-refractivity contribution in [2.24, 2.45) is 0 Å². The van der Waals surface area contributed by atoms with Gasteiger partial charge < -0.3 is 10.4 Å². The van der Waals surface area contributed by atoms with Crippen LogP contribution in [0.5, 0.6) is 0 Å². The summed E-state index contributed by atoms with van der Waals surface area (Å²) in [6.45, 7) is 0.775. The van der Waals surface area contributed by atoms with E-state index in [1.54, 1.807) is 0 Å². The highest BCUT2D eigenvalue weighted by Crippen LogP contribution is 2.14. The first kappa shape index (κ1) is 14.1. The minimum absolute atomic E-state index is 0.0404. The van der Waals surface area contributed by atoms with Crippen molar-refractivity contribution in [1.29, 1.82) is 0 Å². The van der Waals surface area contributed by atoms with Gasteiger partial charge in [-0.05, 0) is 23.6 Å². The Balaban J connectivity index is 1.91. The zero-order chi connectivity index (χ0) is 13.5. The molecule has 0 bridgehead atoms.